The number of benzene rings is 2. The lowest BCUT2D eigenvalue weighted by Crippen LogP contribution is -2.64. The number of aliphatic carboxylic acids is 1. The Kier molecular flexibility index (Phi) is 6.47. The number of carboxylic acids is 1. The molecule has 2 fully saturated rings. The lowest BCUT2D eigenvalue weighted by molar-refractivity contribution is -0.146. The van der Waals surface area contributed by atoms with Crippen molar-refractivity contribution in [3.8, 4) is 11.1 Å². The van der Waals surface area contributed by atoms with Crippen molar-refractivity contribution in [1.82, 2.24) is 10.6 Å². The molecule has 5 rings (SSSR count). The van der Waals surface area contributed by atoms with Crippen LogP contribution in [0.1, 0.15) is 49.1 Å². The van der Waals surface area contributed by atoms with Crippen molar-refractivity contribution >= 4 is 18.0 Å². The van der Waals surface area contributed by atoms with Crippen LogP contribution >= 0.6 is 0 Å². The second-order valence-corrected chi connectivity index (χ2v) is 9.63. The maximum atomic E-state index is 13.3. The Labute approximate surface area is 204 Å². The summed E-state index contributed by atoms with van der Waals surface area (Å²) in [6.07, 6.45) is 2.31. The Morgan fingerprint density at radius 3 is 2.14 bits per heavy atom. The predicted octanol–water partition coefficient (Wildman–Crippen LogP) is 3.44. The highest BCUT2D eigenvalue weighted by atomic mass is 16.5. The number of alkyl carbamates (subject to hydrolysis) is 1. The minimum atomic E-state index is -1.27. The van der Waals surface area contributed by atoms with Gasteiger partial charge < -0.3 is 25.2 Å². The minimum Gasteiger partial charge on any atom is -0.480 e. The van der Waals surface area contributed by atoms with Gasteiger partial charge >= 0.3 is 12.1 Å². The van der Waals surface area contributed by atoms with Gasteiger partial charge in [0.2, 0.25) is 5.91 Å². The molecular formula is C27H30N2O6. The highest BCUT2D eigenvalue weighted by Gasteiger charge is 2.45. The van der Waals surface area contributed by atoms with Crippen LogP contribution in [0.3, 0.4) is 0 Å². The summed E-state index contributed by atoms with van der Waals surface area (Å²) in [6.45, 7) is 0.713. The molecule has 1 saturated carbocycles. The Bertz CT molecular complexity index is 1080. The van der Waals surface area contributed by atoms with Gasteiger partial charge in [-0.2, -0.15) is 0 Å². The zero-order valence-electron chi connectivity index (χ0n) is 19.5. The summed E-state index contributed by atoms with van der Waals surface area (Å²) < 4.78 is 11.1. The fraction of sp³-hybridized carbons (Fsp3) is 0.444. The van der Waals surface area contributed by atoms with Gasteiger partial charge in [0.1, 0.15) is 18.2 Å². The van der Waals surface area contributed by atoms with Crippen LogP contribution in [0.25, 0.3) is 11.1 Å². The first-order valence-corrected chi connectivity index (χ1v) is 12.2. The van der Waals surface area contributed by atoms with Crippen LogP contribution in [-0.2, 0) is 19.1 Å². The average molecular weight is 479 g/mol. The van der Waals surface area contributed by atoms with Crippen molar-refractivity contribution in [1.29, 1.82) is 0 Å². The molecule has 1 saturated heterocycles. The number of carbonyl (C=O) groups excluding carboxylic acids is 2. The molecule has 1 aliphatic heterocycles. The zero-order chi connectivity index (χ0) is 24.4. The molecule has 0 radical (unpaired) electrons. The molecule has 35 heavy (non-hydrogen) atoms. The second kappa shape index (κ2) is 9.70. The Morgan fingerprint density at radius 2 is 1.60 bits per heavy atom. The molecular weight excluding hydrogens is 448 g/mol. The minimum absolute atomic E-state index is 0.0807. The van der Waals surface area contributed by atoms with E-state index in [1.165, 1.54) is 0 Å². The first kappa shape index (κ1) is 23.4. The first-order valence-electron chi connectivity index (χ1n) is 12.2. The number of amides is 2. The zero-order valence-corrected chi connectivity index (χ0v) is 19.5. The summed E-state index contributed by atoms with van der Waals surface area (Å²) in [5.41, 5.74) is 3.20. The average Bonchev–Trinajstić information content (AvgIpc) is 3.15. The Hall–Kier alpha value is -3.39. The fourth-order valence-corrected chi connectivity index (χ4v) is 5.39. The van der Waals surface area contributed by atoms with Crippen LogP contribution in [0.2, 0.25) is 0 Å². The summed E-state index contributed by atoms with van der Waals surface area (Å²) in [4.78, 5) is 38.0. The van der Waals surface area contributed by atoms with E-state index in [9.17, 15) is 19.5 Å². The van der Waals surface area contributed by atoms with Crippen molar-refractivity contribution in [3.63, 3.8) is 0 Å². The van der Waals surface area contributed by atoms with E-state index >= 15 is 0 Å². The molecule has 2 aromatic rings. The highest BCUT2D eigenvalue weighted by Crippen LogP contribution is 2.44. The molecule has 8 heteroatoms. The number of nitrogens with one attached hydrogen (secondary N) is 2. The number of fused-ring (bicyclic) bond motifs is 3. The molecule has 0 bridgehead atoms. The van der Waals surface area contributed by atoms with Crippen LogP contribution in [0.5, 0.6) is 0 Å². The molecule has 2 aliphatic carbocycles. The van der Waals surface area contributed by atoms with Crippen LogP contribution in [0.15, 0.2) is 48.5 Å². The molecule has 3 N–H and O–H groups in total. The van der Waals surface area contributed by atoms with E-state index in [1.807, 2.05) is 36.4 Å². The third-order valence-electron chi connectivity index (χ3n) is 7.64. The standard InChI is InChI=1S/C27H30N2O6/c30-24(31)23(17-6-5-7-17)28-25(32)27(12-14-34-15-13-27)29-26(33)35-16-22-20-10-3-1-8-18(20)19-9-2-4-11-21(19)22/h1-4,8-11,17,22-23H,5-7,12-16H2,(H,28,32)(H,29,33)(H,30,31). The van der Waals surface area contributed by atoms with Crippen LogP contribution in [0.4, 0.5) is 4.79 Å². The SMILES string of the molecule is O=C(NC1(C(=O)NC(C(=O)O)C2CCC2)CCOCC1)OCC1c2ccccc2-c2ccccc21. The third kappa shape index (κ3) is 4.50. The second-order valence-electron chi connectivity index (χ2n) is 9.63. The van der Waals surface area contributed by atoms with Gasteiger partial charge in [-0.1, -0.05) is 55.0 Å². The summed E-state index contributed by atoms with van der Waals surface area (Å²) in [6, 6.07) is 15.2. The van der Waals surface area contributed by atoms with Gasteiger partial charge in [0.25, 0.3) is 0 Å². The van der Waals surface area contributed by atoms with E-state index in [1.54, 1.807) is 0 Å². The van der Waals surface area contributed by atoms with E-state index < -0.39 is 29.6 Å². The van der Waals surface area contributed by atoms with Crippen LogP contribution in [-0.4, -0.2) is 54.5 Å². The quantitative estimate of drug-likeness (QED) is 0.562. The predicted molar refractivity (Wildman–Crippen MR) is 128 cm³/mol. The topological polar surface area (TPSA) is 114 Å². The van der Waals surface area contributed by atoms with Crippen molar-refractivity contribution in [3.05, 3.63) is 59.7 Å². The largest absolute Gasteiger partial charge is 0.480 e. The van der Waals surface area contributed by atoms with Crippen LogP contribution in [0, 0.1) is 5.92 Å². The van der Waals surface area contributed by atoms with Crippen molar-refractivity contribution < 1.29 is 29.0 Å². The van der Waals surface area contributed by atoms with Gasteiger partial charge in [0.05, 0.1) is 0 Å². The smallest absolute Gasteiger partial charge is 0.408 e. The van der Waals surface area contributed by atoms with Crippen molar-refractivity contribution in [2.75, 3.05) is 19.8 Å². The molecule has 0 spiro atoms. The van der Waals surface area contributed by atoms with Gasteiger partial charge in [0, 0.05) is 32.0 Å². The molecule has 3 aliphatic rings. The molecule has 1 heterocycles. The van der Waals surface area contributed by atoms with Gasteiger partial charge in [-0.25, -0.2) is 9.59 Å². The van der Waals surface area contributed by atoms with E-state index in [0.717, 1.165) is 41.5 Å². The first-order chi connectivity index (χ1) is 17.0. The molecule has 1 unspecified atom stereocenters. The Balaban J connectivity index is 1.28. The third-order valence-corrected chi connectivity index (χ3v) is 7.64. The Morgan fingerprint density at radius 1 is 1.00 bits per heavy atom. The van der Waals surface area contributed by atoms with E-state index in [4.69, 9.17) is 9.47 Å². The fourth-order valence-electron chi connectivity index (χ4n) is 5.39. The molecule has 2 amide bonds. The molecule has 184 valence electrons. The number of hydrogen-bond donors (Lipinski definition) is 3. The van der Waals surface area contributed by atoms with Gasteiger partial charge in [0.15, 0.2) is 0 Å². The molecule has 8 nitrogen and oxygen atoms in total. The normalized spacial score (nSPS) is 19.5. The molecule has 1 atom stereocenters. The maximum absolute atomic E-state index is 13.3. The van der Waals surface area contributed by atoms with Crippen molar-refractivity contribution in [2.24, 2.45) is 5.92 Å². The van der Waals surface area contributed by atoms with Gasteiger partial charge in [-0.05, 0) is 41.0 Å². The van der Waals surface area contributed by atoms with E-state index in [0.29, 0.717) is 0 Å². The monoisotopic (exact) mass is 478 g/mol. The van der Waals surface area contributed by atoms with Crippen LogP contribution < -0.4 is 10.6 Å². The lowest BCUT2D eigenvalue weighted by atomic mass is 9.79. The highest BCUT2D eigenvalue weighted by molar-refractivity contribution is 5.93. The summed E-state index contributed by atoms with van der Waals surface area (Å²) in [7, 11) is 0. The number of ether oxygens (including phenoxy) is 2. The van der Waals surface area contributed by atoms with Crippen molar-refractivity contribution in [2.45, 2.75) is 49.6 Å². The summed E-state index contributed by atoms with van der Waals surface area (Å²) in [5.74, 6) is -1.72. The van der Waals surface area contributed by atoms with E-state index in [-0.39, 0.29) is 44.5 Å². The van der Waals surface area contributed by atoms with Gasteiger partial charge in [-0.3, -0.25) is 4.79 Å². The number of carbonyl (C=O) groups is 3. The van der Waals surface area contributed by atoms with Gasteiger partial charge in [-0.15, -0.1) is 0 Å². The molecule has 2 aromatic carbocycles. The van der Waals surface area contributed by atoms with E-state index in [2.05, 4.69) is 22.8 Å². The maximum Gasteiger partial charge on any atom is 0.408 e. The number of carboxylic acid groups (broad SMARTS) is 1. The number of rotatable bonds is 7. The number of hydrogen-bond acceptors (Lipinski definition) is 5. The molecule has 0 aromatic heterocycles. The summed E-state index contributed by atoms with van der Waals surface area (Å²) >= 11 is 0. The lowest BCUT2D eigenvalue weighted by Gasteiger charge is -2.39. The summed E-state index contributed by atoms with van der Waals surface area (Å²) in [5, 5.41) is 15.1.